The van der Waals surface area contributed by atoms with Crippen LogP contribution in [0.1, 0.15) is 41.6 Å². The first-order valence-corrected chi connectivity index (χ1v) is 9.70. The molecule has 130 valence electrons. The number of nitrogens with zero attached hydrogens (tertiary/aromatic N) is 1. The molecule has 1 aliphatic heterocycles. The van der Waals surface area contributed by atoms with Gasteiger partial charge < -0.3 is 9.64 Å². The zero-order valence-corrected chi connectivity index (χ0v) is 15.8. The first kappa shape index (κ1) is 16.6. The molecule has 2 aromatic rings. The molecule has 0 aromatic heterocycles. The van der Waals surface area contributed by atoms with E-state index >= 15 is 0 Å². The molecule has 25 heavy (non-hydrogen) atoms. The SMILES string of the molecule is O=C(OCc1ccccc1)c1ccc(Br)cc1N1CCC2(CC1)CC2. The van der Waals surface area contributed by atoms with Crippen molar-refractivity contribution in [2.24, 2.45) is 5.41 Å². The molecule has 4 heteroatoms. The van der Waals surface area contributed by atoms with Crippen LogP contribution >= 0.6 is 15.9 Å². The topological polar surface area (TPSA) is 29.5 Å². The molecule has 1 spiro atoms. The molecule has 0 atom stereocenters. The van der Waals surface area contributed by atoms with Crippen molar-refractivity contribution in [3.05, 3.63) is 64.1 Å². The van der Waals surface area contributed by atoms with Crippen LogP contribution in [-0.4, -0.2) is 19.1 Å². The zero-order chi connectivity index (χ0) is 17.3. The van der Waals surface area contributed by atoms with Crippen molar-refractivity contribution in [1.29, 1.82) is 0 Å². The molecule has 0 amide bonds. The van der Waals surface area contributed by atoms with Gasteiger partial charge in [-0.05, 0) is 54.9 Å². The summed E-state index contributed by atoms with van der Waals surface area (Å²) in [7, 11) is 0. The Hall–Kier alpha value is -1.81. The molecule has 0 N–H and O–H groups in total. The number of piperidine rings is 1. The molecule has 2 aromatic carbocycles. The highest BCUT2D eigenvalue weighted by Crippen LogP contribution is 2.54. The molecule has 1 saturated heterocycles. The van der Waals surface area contributed by atoms with Gasteiger partial charge in [-0.2, -0.15) is 0 Å². The van der Waals surface area contributed by atoms with Crippen molar-refractivity contribution in [1.82, 2.24) is 0 Å². The Kier molecular flexibility index (Phi) is 4.55. The number of hydrogen-bond donors (Lipinski definition) is 0. The summed E-state index contributed by atoms with van der Waals surface area (Å²) in [5, 5.41) is 0. The molecule has 2 aliphatic rings. The molecule has 0 unspecified atom stereocenters. The van der Waals surface area contributed by atoms with Crippen LogP contribution in [0.3, 0.4) is 0 Å². The van der Waals surface area contributed by atoms with E-state index in [1.54, 1.807) is 0 Å². The van der Waals surface area contributed by atoms with Gasteiger partial charge >= 0.3 is 5.97 Å². The number of carbonyl (C=O) groups is 1. The summed E-state index contributed by atoms with van der Waals surface area (Å²) in [6.45, 7) is 2.35. The van der Waals surface area contributed by atoms with Crippen molar-refractivity contribution in [3.8, 4) is 0 Å². The largest absolute Gasteiger partial charge is 0.457 e. The fourth-order valence-electron chi connectivity index (χ4n) is 3.64. The maximum absolute atomic E-state index is 12.7. The highest BCUT2D eigenvalue weighted by molar-refractivity contribution is 9.10. The lowest BCUT2D eigenvalue weighted by molar-refractivity contribution is 0.0473. The van der Waals surface area contributed by atoms with E-state index in [2.05, 4.69) is 20.8 Å². The Morgan fingerprint density at radius 1 is 1.04 bits per heavy atom. The lowest BCUT2D eigenvalue weighted by atomic mass is 9.93. The number of esters is 1. The molecule has 0 radical (unpaired) electrons. The number of carbonyl (C=O) groups excluding carboxylic acids is 1. The second kappa shape index (κ2) is 6.83. The quantitative estimate of drug-likeness (QED) is 0.662. The van der Waals surface area contributed by atoms with Crippen LogP contribution < -0.4 is 4.90 Å². The summed E-state index contributed by atoms with van der Waals surface area (Å²) in [6, 6.07) is 15.6. The van der Waals surface area contributed by atoms with Gasteiger partial charge in [0.25, 0.3) is 0 Å². The minimum atomic E-state index is -0.252. The van der Waals surface area contributed by atoms with Gasteiger partial charge in [0, 0.05) is 17.6 Å². The van der Waals surface area contributed by atoms with Gasteiger partial charge in [0.05, 0.1) is 11.3 Å². The lowest BCUT2D eigenvalue weighted by Gasteiger charge is -2.34. The van der Waals surface area contributed by atoms with Gasteiger partial charge in [0.2, 0.25) is 0 Å². The first-order valence-electron chi connectivity index (χ1n) is 8.91. The van der Waals surface area contributed by atoms with Crippen molar-refractivity contribution in [2.75, 3.05) is 18.0 Å². The predicted molar refractivity (Wildman–Crippen MR) is 103 cm³/mol. The van der Waals surface area contributed by atoms with E-state index < -0.39 is 0 Å². The van der Waals surface area contributed by atoms with Crippen molar-refractivity contribution < 1.29 is 9.53 Å². The number of benzene rings is 2. The van der Waals surface area contributed by atoms with E-state index in [9.17, 15) is 4.79 Å². The molecular weight excluding hydrogens is 378 g/mol. The summed E-state index contributed by atoms with van der Waals surface area (Å²) < 4.78 is 6.55. The number of rotatable bonds is 4. The Balaban J connectivity index is 1.49. The Morgan fingerprint density at radius 3 is 2.44 bits per heavy atom. The molecule has 1 heterocycles. The van der Waals surface area contributed by atoms with Crippen molar-refractivity contribution in [2.45, 2.75) is 32.3 Å². The lowest BCUT2D eigenvalue weighted by Crippen LogP contribution is -2.35. The number of anilines is 1. The summed E-state index contributed by atoms with van der Waals surface area (Å²) in [5.74, 6) is -0.252. The maximum atomic E-state index is 12.7. The molecule has 0 bridgehead atoms. The van der Waals surface area contributed by atoms with Crippen LogP contribution in [0.2, 0.25) is 0 Å². The zero-order valence-electron chi connectivity index (χ0n) is 14.2. The summed E-state index contributed by atoms with van der Waals surface area (Å²) in [5.41, 5.74) is 3.27. The highest BCUT2D eigenvalue weighted by Gasteiger charge is 2.44. The van der Waals surface area contributed by atoms with Gasteiger partial charge in [-0.25, -0.2) is 4.79 Å². The van der Waals surface area contributed by atoms with Gasteiger partial charge in [0.1, 0.15) is 6.61 Å². The molecule has 1 aliphatic carbocycles. The minimum absolute atomic E-state index is 0.252. The average Bonchev–Trinajstić information content (AvgIpc) is 3.40. The Morgan fingerprint density at radius 2 is 1.76 bits per heavy atom. The van der Waals surface area contributed by atoms with Crippen LogP contribution in [0.15, 0.2) is 53.0 Å². The summed E-state index contributed by atoms with van der Waals surface area (Å²) in [6.07, 6.45) is 5.23. The van der Waals surface area contributed by atoms with Crippen molar-refractivity contribution in [3.63, 3.8) is 0 Å². The van der Waals surface area contributed by atoms with E-state index in [1.165, 1.54) is 25.7 Å². The fraction of sp³-hybridized carbons (Fsp3) is 0.381. The molecule has 2 fully saturated rings. The second-order valence-corrected chi connectivity index (χ2v) is 8.13. The third kappa shape index (κ3) is 3.74. The maximum Gasteiger partial charge on any atom is 0.340 e. The Bertz CT molecular complexity index is 761. The number of halogens is 1. The van der Waals surface area contributed by atoms with Crippen LogP contribution in [0.4, 0.5) is 5.69 Å². The monoisotopic (exact) mass is 399 g/mol. The van der Waals surface area contributed by atoms with Gasteiger partial charge in [-0.3, -0.25) is 0 Å². The minimum Gasteiger partial charge on any atom is -0.457 e. The molecular formula is C21H22BrNO2. The van der Waals surface area contributed by atoms with E-state index in [1.807, 2.05) is 48.5 Å². The van der Waals surface area contributed by atoms with Crippen LogP contribution in [0.25, 0.3) is 0 Å². The molecule has 1 saturated carbocycles. The van der Waals surface area contributed by atoms with Crippen LogP contribution in [-0.2, 0) is 11.3 Å². The standard InChI is InChI=1S/C21H22BrNO2/c22-17-6-7-18(20(24)25-15-16-4-2-1-3-5-16)19(14-17)23-12-10-21(8-9-21)11-13-23/h1-7,14H,8-13,15H2. The van der Waals surface area contributed by atoms with Gasteiger partial charge in [-0.15, -0.1) is 0 Å². The highest BCUT2D eigenvalue weighted by atomic mass is 79.9. The first-order chi connectivity index (χ1) is 12.2. The van der Waals surface area contributed by atoms with E-state index in [0.29, 0.717) is 17.6 Å². The van der Waals surface area contributed by atoms with Crippen LogP contribution in [0, 0.1) is 5.41 Å². The molecule has 3 nitrogen and oxygen atoms in total. The van der Waals surface area contributed by atoms with E-state index in [-0.39, 0.29) is 5.97 Å². The van der Waals surface area contributed by atoms with Crippen molar-refractivity contribution >= 4 is 27.6 Å². The van der Waals surface area contributed by atoms with Crippen LogP contribution in [0.5, 0.6) is 0 Å². The van der Waals surface area contributed by atoms with E-state index in [0.717, 1.165) is 28.8 Å². The van der Waals surface area contributed by atoms with E-state index in [4.69, 9.17) is 4.74 Å². The number of ether oxygens (including phenoxy) is 1. The summed E-state index contributed by atoms with van der Waals surface area (Å²) >= 11 is 3.54. The predicted octanol–water partition coefficient (Wildman–Crippen LogP) is 5.19. The van der Waals surface area contributed by atoms with Gasteiger partial charge in [0.15, 0.2) is 0 Å². The summed E-state index contributed by atoms with van der Waals surface area (Å²) in [4.78, 5) is 15.0. The normalized spacial score (nSPS) is 18.2. The fourth-order valence-corrected chi connectivity index (χ4v) is 3.99. The third-order valence-corrected chi connectivity index (χ3v) is 6.01. The van der Waals surface area contributed by atoms with Gasteiger partial charge in [-0.1, -0.05) is 46.3 Å². The average molecular weight is 400 g/mol. The number of hydrogen-bond acceptors (Lipinski definition) is 3. The third-order valence-electron chi connectivity index (χ3n) is 5.51. The second-order valence-electron chi connectivity index (χ2n) is 7.21. The Labute approximate surface area is 157 Å². The smallest absolute Gasteiger partial charge is 0.340 e. The molecule has 4 rings (SSSR count).